The summed E-state index contributed by atoms with van der Waals surface area (Å²) in [4.78, 5) is 10.4. The van der Waals surface area contributed by atoms with Gasteiger partial charge in [0.1, 0.15) is 6.04 Å². The van der Waals surface area contributed by atoms with Gasteiger partial charge >= 0.3 is 5.97 Å². The Kier molecular flexibility index (Phi) is 2.87. The predicted octanol–water partition coefficient (Wildman–Crippen LogP) is 0.785. The van der Waals surface area contributed by atoms with Crippen LogP contribution in [0.25, 0.3) is 0 Å². The van der Waals surface area contributed by atoms with Gasteiger partial charge in [-0.1, -0.05) is 12.1 Å². The highest BCUT2D eigenvalue weighted by molar-refractivity contribution is 5.73. The molecule has 0 amide bonds. The molecule has 1 aromatic carbocycles. The summed E-state index contributed by atoms with van der Waals surface area (Å²) in [6, 6.07) is 5.06. The van der Waals surface area contributed by atoms with Crippen LogP contribution in [0.2, 0.25) is 0 Å². The molecule has 1 atom stereocenters. The van der Waals surface area contributed by atoms with Crippen molar-refractivity contribution in [1.29, 1.82) is 0 Å². The molecule has 0 aliphatic heterocycles. The summed E-state index contributed by atoms with van der Waals surface area (Å²) in [5.74, 6) is -1.13. The van der Waals surface area contributed by atoms with Crippen molar-refractivity contribution in [3.05, 3.63) is 29.8 Å². The van der Waals surface area contributed by atoms with Crippen LogP contribution in [-0.4, -0.2) is 17.1 Å². The van der Waals surface area contributed by atoms with Crippen LogP contribution in [0.4, 0.5) is 0 Å². The number of benzene rings is 1. The Labute approximate surface area is 75.6 Å². The van der Waals surface area contributed by atoms with E-state index in [-0.39, 0.29) is 12.2 Å². The number of hydrogen-bond acceptors (Lipinski definition) is 2. The highest BCUT2D eigenvalue weighted by Gasteiger charge is 2.11. The lowest BCUT2D eigenvalue weighted by molar-refractivity contribution is -0.138. The molecule has 0 aromatic heterocycles. The summed E-state index contributed by atoms with van der Waals surface area (Å²) in [6.07, 6.45) is 0.246. The molecule has 4 heteroatoms. The van der Waals surface area contributed by atoms with Crippen LogP contribution >= 0.6 is 0 Å². The van der Waals surface area contributed by atoms with Crippen LogP contribution in [0.15, 0.2) is 24.3 Å². The molecule has 0 heterocycles. The van der Waals surface area contributed by atoms with Crippen molar-refractivity contribution in [2.45, 2.75) is 12.5 Å². The Bertz CT molecular complexity index is 294. The van der Waals surface area contributed by atoms with Crippen molar-refractivity contribution < 1.29 is 15.0 Å². The van der Waals surface area contributed by atoms with E-state index in [9.17, 15) is 9.90 Å². The van der Waals surface area contributed by atoms with Gasteiger partial charge in [-0.2, -0.15) is 0 Å². The van der Waals surface area contributed by atoms with Gasteiger partial charge in [-0.05, 0) is 24.1 Å². The summed E-state index contributed by atoms with van der Waals surface area (Å²) < 4.78 is 0. The van der Waals surface area contributed by atoms with E-state index in [1.807, 2.05) is 0 Å². The van der Waals surface area contributed by atoms with E-state index in [2.05, 4.69) is 0 Å². The van der Waals surface area contributed by atoms with Crippen LogP contribution in [0.1, 0.15) is 5.56 Å². The van der Waals surface area contributed by atoms with E-state index in [0.717, 1.165) is 5.56 Å². The molecule has 0 aliphatic carbocycles. The fourth-order valence-electron chi connectivity index (χ4n) is 0.967. The fourth-order valence-corrected chi connectivity index (χ4v) is 0.967. The van der Waals surface area contributed by atoms with Gasteiger partial charge < -0.3 is 10.8 Å². The molecule has 4 nitrogen and oxygen atoms in total. The topological polar surface area (TPSA) is 83.2 Å². The third-order valence-electron chi connectivity index (χ3n) is 1.70. The molecule has 13 heavy (non-hydrogen) atoms. The third kappa shape index (κ3) is 2.76. The van der Waals surface area contributed by atoms with E-state index < -0.39 is 12.0 Å². The van der Waals surface area contributed by atoms with Gasteiger partial charge in [-0.15, -0.1) is 0 Å². The van der Waals surface area contributed by atoms with Crippen molar-refractivity contribution >= 4 is 5.97 Å². The number of aliphatic carboxylic acids is 1. The first-order chi connectivity index (χ1) is 6.09. The molecule has 1 aromatic rings. The summed E-state index contributed by atoms with van der Waals surface area (Å²) in [7, 11) is 0. The van der Waals surface area contributed by atoms with Crippen LogP contribution in [-0.2, 0) is 16.3 Å². The van der Waals surface area contributed by atoms with Gasteiger partial charge in [0.05, 0.1) is 0 Å². The number of carboxylic acid groups (broad SMARTS) is 1. The zero-order valence-corrected chi connectivity index (χ0v) is 6.93. The van der Waals surface area contributed by atoms with Crippen LogP contribution < -0.4 is 5.73 Å². The van der Waals surface area contributed by atoms with E-state index in [1.165, 1.54) is 12.1 Å². The Morgan fingerprint density at radius 3 is 2.38 bits per heavy atom. The molecule has 0 spiro atoms. The molecule has 0 bridgehead atoms. The second-order valence-electron chi connectivity index (χ2n) is 2.79. The highest BCUT2D eigenvalue weighted by atomic mass is 16.4. The highest BCUT2D eigenvalue weighted by Crippen LogP contribution is 2.11. The Morgan fingerprint density at radius 2 is 1.92 bits per heavy atom. The number of hydrogen-bond donors (Lipinski definition) is 2. The average molecular weight is 180 g/mol. The summed E-state index contributed by atoms with van der Waals surface area (Å²) >= 11 is 0. The van der Waals surface area contributed by atoms with Crippen molar-refractivity contribution in [2.75, 3.05) is 0 Å². The first-order valence-electron chi connectivity index (χ1n) is 3.84. The van der Waals surface area contributed by atoms with Crippen molar-refractivity contribution in [2.24, 2.45) is 5.73 Å². The molecule has 3 N–H and O–H groups in total. The lowest BCUT2D eigenvalue weighted by atomic mass is 10.1. The predicted molar refractivity (Wildman–Crippen MR) is 45.9 cm³/mol. The van der Waals surface area contributed by atoms with E-state index in [0.29, 0.717) is 0 Å². The minimum absolute atomic E-state index is 0.0901. The number of carboxylic acids is 1. The number of carbonyl (C=O) groups is 1. The Balaban J connectivity index is 2.64. The minimum Gasteiger partial charge on any atom is -0.480 e. The molecule has 0 saturated carbocycles. The number of rotatable bonds is 3. The largest absolute Gasteiger partial charge is 0.480 e. The smallest absolute Gasteiger partial charge is 0.320 e. The summed E-state index contributed by atoms with van der Waals surface area (Å²) in [5, 5.41) is 19.2. The zero-order chi connectivity index (χ0) is 9.84. The third-order valence-corrected chi connectivity index (χ3v) is 1.70. The molecule has 1 rings (SSSR count). The first kappa shape index (κ1) is 9.54. The van der Waals surface area contributed by atoms with Gasteiger partial charge in [0.2, 0.25) is 0 Å². The van der Waals surface area contributed by atoms with Crippen LogP contribution in [0, 0.1) is 0 Å². The van der Waals surface area contributed by atoms with Gasteiger partial charge in [0.25, 0.3) is 0 Å². The van der Waals surface area contributed by atoms with Gasteiger partial charge in [0, 0.05) is 0 Å². The maximum absolute atomic E-state index is 10.7. The van der Waals surface area contributed by atoms with Crippen molar-refractivity contribution in [1.82, 2.24) is 0 Å². The fraction of sp³-hybridized carbons (Fsp3) is 0.222. The number of nitrogens with two attached hydrogens (primary N) is 1. The quantitative estimate of drug-likeness (QED) is 0.721. The lowest BCUT2D eigenvalue weighted by Gasteiger charge is -2.05. The molecule has 0 fully saturated rings. The van der Waals surface area contributed by atoms with E-state index in [1.54, 1.807) is 12.1 Å². The van der Waals surface area contributed by atoms with Crippen LogP contribution in [0.5, 0.6) is 5.75 Å². The molecule has 69 valence electrons. The summed E-state index contributed by atoms with van der Waals surface area (Å²) in [6.45, 7) is 0. The molecule has 1 radical (unpaired) electrons. The van der Waals surface area contributed by atoms with E-state index >= 15 is 0 Å². The first-order valence-corrected chi connectivity index (χ1v) is 3.84. The van der Waals surface area contributed by atoms with Gasteiger partial charge in [-0.3, -0.25) is 9.90 Å². The molecular formula is C9H10NO3. The Morgan fingerprint density at radius 1 is 1.38 bits per heavy atom. The van der Waals surface area contributed by atoms with Crippen molar-refractivity contribution in [3.8, 4) is 5.75 Å². The maximum Gasteiger partial charge on any atom is 0.320 e. The Hall–Kier alpha value is -1.55. The standard InChI is InChI=1S/C9H10NO3/c10-8(9(12)13)5-6-1-3-7(11)4-2-6/h1-4,8H,5,10H2,(H,12,13)/t8-/m0/s1. The monoisotopic (exact) mass is 180 g/mol. The summed E-state index contributed by atoms with van der Waals surface area (Å²) in [5.41, 5.74) is 6.07. The second kappa shape index (κ2) is 3.91. The van der Waals surface area contributed by atoms with E-state index in [4.69, 9.17) is 10.8 Å². The second-order valence-corrected chi connectivity index (χ2v) is 2.79. The SMILES string of the molecule is N[C@@H](Cc1ccc([O])cc1)C(=O)O. The molecule has 0 aliphatic rings. The van der Waals surface area contributed by atoms with Gasteiger partial charge in [0.15, 0.2) is 5.75 Å². The normalized spacial score (nSPS) is 12.4. The van der Waals surface area contributed by atoms with Gasteiger partial charge in [-0.25, -0.2) is 0 Å². The maximum atomic E-state index is 10.7. The average Bonchev–Trinajstić information content (AvgIpc) is 2.08. The molecular weight excluding hydrogens is 170 g/mol. The minimum atomic E-state index is -1.04. The van der Waals surface area contributed by atoms with Crippen molar-refractivity contribution in [3.63, 3.8) is 0 Å². The molecule has 0 unspecified atom stereocenters. The lowest BCUT2D eigenvalue weighted by Crippen LogP contribution is -2.32. The van der Waals surface area contributed by atoms with Crippen LogP contribution in [0.3, 0.4) is 0 Å². The zero-order valence-electron chi connectivity index (χ0n) is 6.93. The molecule has 0 saturated heterocycles.